The van der Waals surface area contributed by atoms with Crippen molar-refractivity contribution in [3.8, 4) is 0 Å². The summed E-state index contributed by atoms with van der Waals surface area (Å²) in [6.45, 7) is 7.11. The number of carbonyl (C=O) groups excluding carboxylic acids is 1. The highest BCUT2D eigenvalue weighted by Gasteiger charge is 2.27. The van der Waals surface area contributed by atoms with Gasteiger partial charge in [-0.05, 0) is 33.4 Å². The number of amides is 1. The predicted molar refractivity (Wildman–Crippen MR) is 70.8 cm³/mol. The molecule has 0 radical (unpaired) electrons. The molecule has 0 spiro atoms. The number of hydrogen-bond donors (Lipinski definition) is 1. The van der Waals surface area contributed by atoms with Gasteiger partial charge in [0.25, 0.3) is 0 Å². The average Bonchev–Trinajstić information content (AvgIpc) is 2.46. The first-order chi connectivity index (χ1) is 8.06. The van der Waals surface area contributed by atoms with Gasteiger partial charge in [0.2, 0.25) is 5.91 Å². The molecule has 1 aliphatic rings. The normalized spacial score (nSPS) is 24.5. The van der Waals surface area contributed by atoms with E-state index in [2.05, 4.69) is 25.8 Å². The Balaban J connectivity index is 2.54. The van der Waals surface area contributed by atoms with Gasteiger partial charge in [-0.25, -0.2) is 0 Å². The van der Waals surface area contributed by atoms with Gasteiger partial charge < -0.3 is 15.5 Å². The first-order valence-electron chi connectivity index (χ1n) is 6.80. The molecule has 2 N–H and O–H groups in total. The van der Waals surface area contributed by atoms with Crippen molar-refractivity contribution in [1.29, 1.82) is 0 Å². The fourth-order valence-electron chi connectivity index (χ4n) is 2.46. The van der Waals surface area contributed by atoms with Gasteiger partial charge in [-0.3, -0.25) is 4.79 Å². The van der Waals surface area contributed by atoms with E-state index < -0.39 is 0 Å². The van der Waals surface area contributed by atoms with Crippen molar-refractivity contribution in [3.63, 3.8) is 0 Å². The zero-order valence-corrected chi connectivity index (χ0v) is 11.5. The minimum atomic E-state index is -0.305. The maximum absolute atomic E-state index is 12.3. The molecule has 4 heteroatoms. The quantitative estimate of drug-likeness (QED) is 0.800. The standard InChI is InChI=1S/C13H27N3O/c1-4-5-7-12(14)13(17)16-9-6-8-15(3)10-11(16)2/h11-12H,4-10,14H2,1-3H3/t11?,12-/m0/s1. The minimum Gasteiger partial charge on any atom is -0.337 e. The molecule has 1 amide bonds. The maximum Gasteiger partial charge on any atom is 0.239 e. The molecule has 2 atom stereocenters. The average molecular weight is 241 g/mol. The third-order valence-electron chi connectivity index (χ3n) is 3.52. The van der Waals surface area contributed by atoms with Gasteiger partial charge in [0.1, 0.15) is 0 Å². The lowest BCUT2D eigenvalue weighted by molar-refractivity contribution is -0.134. The molecule has 0 aliphatic carbocycles. The van der Waals surface area contributed by atoms with E-state index in [1.165, 1.54) is 0 Å². The number of unbranched alkanes of at least 4 members (excludes halogenated alkanes) is 1. The summed E-state index contributed by atoms with van der Waals surface area (Å²) in [5.41, 5.74) is 5.98. The Morgan fingerprint density at radius 1 is 1.47 bits per heavy atom. The van der Waals surface area contributed by atoms with Crippen LogP contribution in [-0.4, -0.2) is 54.5 Å². The Morgan fingerprint density at radius 3 is 2.82 bits per heavy atom. The monoisotopic (exact) mass is 241 g/mol. The van der Waals surface area contributed by atoms with Gasteiger partial charge in [-0.15, -0.1) is 0 Å². The molecule has 4 nitrogen and oxygen atoms in total. The molecule has 0 bridgehead atoms. The summed E-state index contributed by atoms with van der Waals surface area (Å²) < 4.78 is 0. The molecule has 1 unspecified atom stereocenters. The highest BCUT2D eigenvalue weighted by molar-refractivity contribution is 5.81. The van der Waals surface area contributed by atoms with Gasteiger partial charge in [0, 0.05) is 19.1 Å². The van der Waals surface area contributed by atoms with E-state index in [-0.39, 0.29) is 18.0 Å². The van der Waals surface area contributed by atoms with Crippen molar-refractivity contribution in [3.05, 3.63) is 0 Å². The Kier molecular flexibility index (Phi) is 5.92. The molecule has 100 valence electrons. The Labute approximate surface area is 105 Å². The second-order valence-electron chi connectivity index (χ2n) is 5.25. The maximum atomic E-state index is 12.3. The lowest BCUT2D eigenvalue weighted by Crippen LogP contribution is -2.49. The van der Waals surface area contributed by atoms with Crippen LogP contribution in [0.3, 0.4) is 0 Å². The van der Waals surface area contributed by atoms with Gasteiger partial charge in [-0.2, -0.15) is 0 Å². The summed E-state index contributed by atoms with van der Waals surface area (Å²) >= 11 is 0. The van der Waals surface area contributed by atoms with Crippen molar-refractivity contribution in [2.24, 2.45) is 5.73 Å². The van der Waals surface area contributed by atoms with Crippen molar-refractivity contribution >= 4 is 5.91 Å². The molecular formula is C13H27N3O. The first kappa shape index (κ1) is 14.5. The second-order valence-corrected chi connectivity index (χ2v) is 5.25. The largest absolute Gasteiger partial charge is 0.337 e. The van der Waals surface area contributed by atoms with Gasteiger partial charge in [0.05, 0.1) is 6.04 Å². The zero-order chi connectivity index (χ0) is 12.8. The number of likely N-dealkylation sites (N-methyl/N-ethyl adjacent to an activating group) is 1. The SMILES string of the molecule is CCCC[C@H](N)C(=O)N1CCCN(C)CC1C. The van der Waals surface area contributed by atoms with Crippen LogP contribution in [0.25, 0.3) is 0 Å². The summed E-state index contributed by atoms with van der Waals surface area (Å²) in [6, 6.07) is -0.0246. The van der Waals surface area contributed by atoms with Crippen LogP contribution < -0.4 is 5.73 Å². The van der Waals surface area contributed by atoms with Crippen LogP contribution in [0.4, 0.5) is 0 Å². The van der Waals surface area contributed by atoms with E-state index in [1.54, 1.807) is 0 Å². The number of hydrogen-bond acceptors (Lipinski definition) is 3. The highest BCUT2D eigenvalue weighted by Crippen LogP contribution is 2.11. The molecule has 1 saturated heterocycles. The smallest absolute Gasteiger partial charge is 0.239 e. The van der Waals surface area contributed by atoms with Gasteiger partial charge >= 0.3 is 0 Å². The second kappa shape index (κ2) is 6.97. The Hall–Kier alpha value is -0.610. The molecule has 1 rings (SSSR count). The molecule has 1 heterocycles. The van der Waals surface area contributed by atoms with Crippen LogP contribution in [0.5, 0.6) is 0 Å². The molecule has 0 aromatic heterocycles. The van der Waals surface area contributed by atoms with Crippen LogP contribution >= 0.6 is 0 Å². The molecule has 0 aromatic carbocycles. The van der Waals surface area contributed by atoms with Crippen LogP contribution in [0.15, 0.2) is 0 Å². The fraction of sp³-hybridized carbons (Fsp3) is 0.923. The first-order valence-corrected chi connectivity index (χ1v) is 6.80. The van der Waals surface area contributed by atoms with Crippen LogP contribution in [-0.2, 0) is 4.79 Å². The summed E-state index contributed by atoms with van der Waals surface area (Å²) in [4.78, 5) is 16.5. The van der Waals surface area contributed by atoms with Crippen LogP contribution in [0.2, 0.25) is 0 Å². The Bertz CT molecular complexity index is 245. The molecule has 1 aliphatic heterocycles. The molecule has 0 aromatic rings. The fourth-order valence-corrected chi connectivity index (χ4v) is 2.46. The highest BCUT2D eigenvalue weighted by atomic mass is 16.2. The third kappa shape index (κ3) is 4.28. The third-order valence-corrected chi connectivity index (χ3v) is 3.52. The van der Waals surface area contributed by atoms with Gasteiger partial charge in [-0.1, -0.05) is 19.8 Å². The van der Waals surface area contributed by atoms with Crippen molar-refractivity contribution in [1.82, 2.24) is 9.80 Å². The van der Waals surface area contributed by atoms with Gasteiger partial charge in [0.15, 0.2) is 0 Å². The Morgan fingerprint density at radius 2 is 2.18 bits per heavy atom. The zero-order valence-electron chi connectivity index (χ0n) is 11.5. The van der Waals surface area contributed by atoms with Crippen LogP contribution in [0.1, 0.15) is 39.5 Å². The summed E-state index contributed by atoms with van der Waals surface area (Å²) in [5, 5.41) is 0. The van der Waals surface area contributed by atoms with Crippen molar-refractivity contribution < 1.29 is 4.79 Å². The molecule has 17 heavy (non-hydrogen) atoms. The summed E-state index contributed by atoms with van der Waals surface area (Å²) in [6.07, 6.45) is 4.00. The van der Waals surface area contributed by atoms with Crippen molar-refractivity contribution in [2.75, 3.05) is 26.7 Å². The van der Waals surface area contributed by atoms with Crippen molar-refractivity contribution in [2.45, 2.75) is 51.6 Å². The number of nitrogens with two attached hydrogens (primary N) is 1. The lowest BCUT2D eigenvalue weighted by atomic mass is 10.1. The topological polar surface area (TPSA) is 49.6 Å². The van der Waals surface area contributed by atoms with E-state index in [0.29, 0.717) is 0 Å². The molecule has 0 saturated carbocycles. The summed E-state index contributed by atoms with van der Waals surface area (Å²) in [7, 11) is 2.11. The van der Waals surface area contributed by atoms with E-state index in [0.717, 1.165) is 45.3 Å². The predicted octanol–water partition coefficient (Wildman–Crippen LogP) is 1.06. The minimum absolute atomic E-state index is 0.140. The number of nitrogens with zero attached hydrogens (tertiary/aromatic N) is 2. The van der Waals surface area contributed by atoms with E-state index >= 15 is 0 Å². The van der Waals surface area contributed by atoms with Crippen LogP contribution in [0, 0.1) is 0 Å². The van der Waals surface area contributed by atoms with E-state index in [1.807, 2.05) is 4.90 Å². The number of carbonyl (C=O) groups is 1. The molecule has 1 fully saturated rings. The lowest BCUT2D eigenvalue weighted by Gasteiger charge is -2.30. The van der Waals surface area contributed by atoms with E-state index in [9.17, 15) is 4.79 Å². The summed E-state index contributed by atoms with van der Waals surface area (Å²) in [5.74, 6) is 0.140. The molecular weight excluding hydrogens is 214 g/mol. The van der Waals surface area contributed by atoms with E-state index in [4.69, 9.17) is 5.73 Å². The number of rotatable bonds is 4.